The smallest absolute Gasteiger partial charge is 0.303 e. The van der Waals surface area contributed by atoms with Crippen LogP contribution in [0.2, 0.25) is 0 Å². The van der Waals surface area contributed by atoms with Crippen LogP contribution in [0.5, 0.6) is 0 Å². The lowest BCUT2D eigenvalue weighted by molar-refractivity contribution is -0.136. The molecule has 0 heterocycles. The van der Waals surface area contributed by atoms with Crippen molar-refractivity contribution < 1.29 is 19.8 Å². The zero-order valence-corrected chi connectivity index (χ0v) is 10.9. The first kappa shape index (κ1) is 29.4. The van der Waals surface area contributed by atoms with Crippen molar-refractivity contribution in [2.75, 3.05) is 19.7 Å². The number of nitrogens with two attached hydrogens (primary N) is 2. The van der Waals surface area contributed by atoms with Gasteiger partial charge in [0.25, 0.3) is 0 Å². The maximum atomic E-state index is 9.37. The van der Waals surface area contributed by atoms with Crippen molar-refractivity contribution in [3.8, 4) is 0 Å². The zero-order valence-electron chi connectivity index (χ0n) is 10.9. The number of carboxylic acids is 1. The van der Waals surface area contributed by atoms with Gasteiger partial charge in [-0.05, 0) is 20.0 Å². The largest absolute Gasteiger partial charge is 0.481 e. The molecule has 6 nitrogen and oxygen atoms in total. The molecule has 0 aromatic heterocycles. The molecule has 0 aliphatic carbocycles. The van der Waals surface area contributed by atoms with E-state index in [9.17, 15) is 4.79 Å². The summed E-state index contributed by atoms with van der Waals surface area (Å²) in [6.07, 6.45) is 0.222. The van der Waals surface area contributed by atoms with E-state index in [1.54, 1.807) is 13.8 Å². The van der Waals surface area contributed by atoms with Gasteiger partial charge in [-0.3, -0.25) is 4.79 Å². The van der Waals surface area contributed by atoms with Gasteiger partial charge in [0.15, 0.2) is 0 Å². The molecule has 0 unspecified atom stereocenters. The Hall–Kier alpha value is -0.980. The van der Waals surface area contributed by atoms with Gasteiger partial charge in [0, 0.05) is 13.0 Å². The maximum Gasteiger partial charge on any atom is 0.303 e. The van der Waals surface area contributed by atoms with Crippen LogP contribution in [-0.4, -0.2) is 42.7 Å². The molecule has 0 saturated carbocycles. The molecule has 16 heavy (non-hydrogen) atoms. The van der Waals surface area contributed by atoms with E-state index in [1.165, 1.54) is 0 Å². The van der Waals surface area contributed by atoms with Gasteiger partial charge >= 0.3 is 5.97 Å². The Kier molecular flexibility index (Phi) is 121. The highest BCUT2D eigenvalue weighted by Crippen LogP contribution is 1.67. The molecule has 0 aromatic carbocycles. The minimum atomic E-state index is -0.745. The van der Waals surface area contributed by atoms with Crippen molar-refractivity contribution in [2.24, 2.45) is 11.5 Å². The highest BCUT2D eigenvalue weighted by atomic mass is 16.4. The zero-order chi connectivity index (χ0) is 14.4. The fourth-order valence-electron chi connectivity index (χ4n) is 0. The van der Waals surface area contributed by atoms with E-state index in [4.69, 9.17) is 26.5 Å². The lowest BCUT2D eigenvalue weighted by Gasteiger charge is -1.71. The van der Waals surface area contributed by atoms with Crippen LogP contribution in [-0.2, 0) is 9.59 Å². The molecular weight excluding hydrogens is 212 g/mol. The second-order valence-corrected chi connectivity index (χ2v) is 1.88. The molecule has 0 spiro atoms. The molecule has 0 atom stereocenters. The number of rotatable bonds is 1. The van der Waals surface area contributed by atoms with Crippen LogP contribution in [0, 0.1) is 0 Å². The van der Waals surface area contributed by atoms with E-state index in [1.807, 2.05) is 20.6 Å². The number of carbonyl (C=O) groups is 2. The Morgan fingerprint density at radius 1 is 1.06 bits per heavy atom. The van der Waals surface area contributed by atoms with E-state index < -0.39 is 5.97 Å². The van der Waals surface area contributed by atoms with E-state index in [-0.39, 0.29) is 13.0 Å². The number of carbonyl (C=O) groups excluding carboxylic acids is 1. The van der Waals surface area contributed by atoms with Crippen LogP contribution in [0.3, 0.4) is 0 Å². The summed E-state index contributed by atoms with van der Waals surface area (Å²) in [6.45, 7) is 10.8. The van der Waals surface area contributed by atoms with Gasteiger partial charge in [0.1, 0.15) is 6.79 Å². The summed E-state index contributed by atoms with van der Waals surface area (Å²) in [7, 11) is 0. The number of hydrogen-bond donors (Lipinski definition) is 4. The number of carboxylic acid groups (broad SMARTS) is 1. The van der Waals surface area contributed by atoms with Crippen LogP contribution in [0.15, 0.2) is 0 Å². The van der Waals surface area contributed by atoms with Gasteiger partial charge < -0.3 is 26.5 Å². The molecule has 0 aromatic rings. The molecular formula is C10H28N2O4. The Bertz CT molecular complexity index is 88.1. The first-order valence-electron chi connectivity index (χ1n) is 5.03. The van der Waals surface area contributed by atoms with Crippen LogP contribution in [0.1, 0.15) is 34.1 Å². The predicted octanol–water partition coefficient (Wildman–Crippen LogP) is 0.225. The summed E-state index contributed by atoms with van der Waals surface area (Å²) in [5.41, 5.74) is 9.69. The van der Waals surface area contributed by atoms with Crippen LogP contribution in [0.25, 0.3) is 0 Å². The fraction of sp³-hybridized carbons (Fsp3) is 0.800. The lowest BCUT2D eigenvalue weighted by Crippen LogP contribution is -1.87. The van der Waals surface area contributed by atoms with E-state index in [2.05, 4.69) is 0 Å². The highest BCUT2D eigenvalue weighted by molar-refractivity contribution is 5.66. The van der Waals surface area contributed by atoms with Crippen LogP contribution in [0.4, 0.5) is 0 Å². The molecule has 0 aliphatic heterocycles. The molecule has 0 aliphatic rings. The van der Waals surface area contributed by atoms with Crippen molar-refractivity contribution in [1.82, 2.24) is 0 Å². The van der Waals surface area contributed by atoms with Crippen molar-refractivity contribution in [2.45, 2.75) is 34.1 Å². The third kappa shape index (κ3) is 1810. The van der Waals surface area contributed by atoms with Crippen molar-refractivity contribution in [3.05, 3.63) is 0 Å². The molecule has 6 N–H and O–H groups in total. The summed E-state index contributed by atoms with van der Waals surface area (Å²) >= 11 is 0. The number of aliphatic carboxylic acids is 1. The summed E-state index contributed by atoms with van der Waals surface area (Å²) in [6, 6.07) is 0. The topological polar surface area (TPSA) is 127 Å². The molecule has 0 radical (unpaired) electrons. The summed E-state index contributed by atoms with van der Waals surface area (Å²) in [5, 5.41) is 15.3. The molecule has 102 valence electrons. The molecule has 6 heteroatoms. The van der Waals surface area contributed by atoms with Gasteiger partial charge in [-0.15, -0.1) is 0 Å². The number of aliphatic hydroxyl groups excluding tert-OH is 1. The quantitative estimate of drug-likeness (QED) is 0.519. The lowest BCUT2D eigenvalue weighted by atomic mass is 10.5. The Morgan fingerprint density at radius 3 is 1.12 bits per heavy atom. The molecule has 0 fully saturated rings. The minimum absolute atomic E-state index is 0.222. The number of aliphatic hydroxyl groups is 1. The predicted molar refractivity (Wildman–Crippen MR) is 67.3 cm³/mol. The standard InChI is InChI=1S/C3H6O2.2C2H7N.C2H6O.CH2O/c1-2-3(4)5;3*1-2-3;1-2/h2H2,1H3,(H,4,5);2*2-3H2,1H3;3H,2H2,1H3;1H2. The van der Waals surface area contributed by atoms with Crippen molar-refractivity contribution >= 4 is 12.8 Å². The second-order valence-electron chi connectivity index (χ2n) is 1.88. The van der Waals surface area contributed by atoms with Gasteiger partial charge in [-0.25, -0.2) is 0 Å². The van der Waals surface area contributed by atoms with E-state index >= 15 is 0 Å². The summed E-state index contributed by atoms with van der Waals surface area (Å²) < 4.78 is 0. The monoisotopic (exact) mass is 240 g/mol. The van der Waals surface area contributed by atoms with Gasteiger partial charge in [-0.2, -0.15) is 0 Å². The Labute approximate surface area is 98.6 Å². The first-order chi connectivity index (χ1) is 7.51. The number of hydrogen-bond acceptors (Lipinski definition) is 5. The Morgan fingerprint density at radius 2 is 1.12 bits per heavy atom. The third-order valence-electron chi connectivity index (χ3n) is 0.302. The highest BCUT2D eigenvalue weighted by Gasteiger charge is 1.80. The molecule has 0 bridgehead atoms. The fourth-order valence-corrected chi connectivity index (χ4v) is 0. The van der Waals surface area contributed by atoms with E-state index in [0.29, 0.717) is 0 Å². The third-order valence-corrected chi connectivity index (χ3v) is 0.302. The first-order valence-corrected chi connectivity index (χ1v) is 5.03. The van der Waals surface area contributed by atoms with Crippen molar-refractivity contribution in [3.63, 3.8) is 0 Å². The summed E-state index contributed by atoms with van der Waals surface area (Å²) in [4.78, 5) is 17.4. The Balaban J connectivity index is -0.0000000329. The van der Waals surface area contributed by atoms with Crippen molar-refractivity contribution in [1.29, 1.82) is 0 Å². The molecule has 0 rings (SSSR count). The average Bonchev–Trinajstić information content (AvgIpc) is 2.24. The summed E-state index contributed by atoms with van der Waals surface area (Å²) in [5.74, 6) is -0.745. The average molecular weight is 240 g/mol. The molecule has 0 amide bonds. The normalized spacial score (nSPS) is 5.94. The van der Waals surface area contributed by atoms with Gasteiger partial charge in [-0.1, -0.05) is 20.8 Å². The minimum Gasteiger partial charge on any atom is -0.481 e. The molecule has 0 saturated heterocycles. The van der Waals surface area contributed by atoms with Crippen LogP contribution >= 0.6 is 0 Å². The van der Waals surface area contributed by atoms with Crippen LogP contribution < -0.4 is 11.5 Å². The maximum absolute atomic E-state index is 9.37. The SMILES string of the molecule is C=O.CCC(=O)O.CCN.CCN.CCO. The van der Waals surface area contributed by atoms with Gasteiger partial charge in [0.05, 0.1) is 0 Å². The second kappa shape index (κ2) is 65.6. The van der Waals surface area contributed by atoms with Gasteiger partial charge in [0.2, 0.25) is 0 Å². The van der Waals surface area contributed by atoms with E-state index in [0.717, 1.165) is 13.1 Å².